The van der Waals surface area contributed by atoms with Crippen LogP contribution < -0.4 is 20.7 Å². The highest BCUT2D eigenvalue weighted by atomic mass is 16.5. The van der Waals surface area contributed by atoms with Crippen molar-refractivity contribution in [3.8, 4) is 5.75 Å². The molecule has 0 aromatic heterocycles. The number of hydrogen-bond acceptors (Lipinski definition) is 6. The number of rotatable bonds is 11. The minimum Gasteiger partial charge on any atom is -0.493 e. The van der Waals surface area contributed by atoms with E-state index in [1.807, 2.05) is 6.92 Å². The summed E-state index contributed by atoms with van der Waals surface area (Å²) in [5, 5.41) is 8.18. The van der Waals surface area contributed by atoms with Crippen LogP contribution in [0.5, 0.6) is 5.75 Å². The van der Waals surface area contributed by atoms with Crippen molar-refractivity contribution in [2.75, 3.05) is 18.5 Å². The molecule has 3 N–H and O–H groups in total. The van der Waals surface area contributed by atoms with E-state index in [4.69, 9.17) is 9.47 Å². The van der Waals surface area contributed by atoms with Crippen molar-refractivity contribution in [3.05, 3.63) is 59.7 Å². The van der Waals surface area contributed by atoms with Gasteiger partial charge in [0.25, 0.3) is 17.7 Å². The molecule has 0 heterocycles. The first-order chi connectivity index (χ1) is 16.8. The van der Waals surface area contributed by atoms with Crippen LogP contribution in [0.15, 0.2) is 48.5 Å². The molecule has 0 bridgehead atoms. The predicted molar refractivity (Wildman–Crippen MR) is 130 cm³/mol. The van der Waals surface area contributed by atoms with Gasteiger partial charge in [-0.1, -0.05) is 32.0 Å². The van der Waals surface area contributed by atoms with Crippen LogP contribution in [0.4, 0.5) is 5.69 Å². The minimum absolute atomic E-state index is 0.198. The van der Waals surface area contributed by atoms with E-state index >= 15 is 0 Å². The average Bonchev–Trinajstić information content (AvgIpc) is 3.65. The van der Waals surface area contributed by atoms with E-state index in [1.54, 1.807) is 62.4 Å². The van der Waals surface area contributed by atoms with Gasteiger partial charge in [0, 0.05) is 17.3 Å². The molecular formula is C26H31N3O6. The maximum Gasteiger partial charge on any atom is 0.329 e. The molecule has 1 saturated carbocycles. The number of ether oxygens (including phenoxy) is 2. The molecule has 3 amide bonds. The Morgan fingerprint density at radius 2 is 1.74 bits per heavy atom. The van der Waals surface area contributed by atoms with Gasteiger partial charge in [-0.2, -0.15) is 0 Å². The molecule has 9 nitrogen and oxygen atoms in total. The fourth-order valence-electron chi connectivity index (χ4n) is 3.31. The lowest BCUT2D eigenvalue weighted by Gasteiger charge is -2.21. The van der Waals surface area contributed by atoms with Crippen LogP contribution in [0.25, 0.3) is 0 Å². The number of amides is 3. The van der Waals surface area contributed by atoms with Crippen LogP contribution in [-0.4, -0.2) is 49.0 Å². The smallest absolute Gasteiger partial charge is 0.329 e. The van der Waals surface area contributed by atoms with Gasteiger partial charge in [0.15, 0.2) is 6.61 Å². The zero-order valence-corrected chi connectivity index (χ0v) is 20.1. The summed E-state index contributed by atoms with van der Waals surface area (Å²) < 4.78 is 10.7. The van der Waals surface area contributed by atoms with Crippen LogP contribution in [-0.2, 0) is 14.3 Å². The third-order valence-electron chi connectivity index (χ3n) is 5.31. The number of carbonyl (C=O) groups excluding carboxylic acids is 4. The van der Waals surface area contributed by atoms with E-state index in [0.717, 1.165) is 12.8 Å². The number of esters is 1. The van der Waals surface area contributed by atoms with Crippen molar-refractivity contribution in [2.45, 2.75) is 45.7 Å². The highest BCUT2D eigenvalue weighted by molar-refractivity contribution is 6.00. The molecule has 1 aliphatic carbocycles. The summed E-state index contributed by atoms with van der Waals surface area (Å²) in [7, 11) is 0. The van der Waals surface area contributed by atoms with E-state index in [2.05, 4.69) is 16.0 Å². The average molecular weight is 482 g/mol. The lowest BCUT2D eigenvalue weighted by Crippen LogP contribution is -2.46. The van der Waals surface area contributed by atoms with Crippen molar-refractivity contribution in [1.82, 2.24) is 10.6 Å². The Balaban J connectivity index is 1.55. The zero-order chi connectivity index (χ0) is 25.4. The van der Waals surface area contributed by atoms with Crippen LogP contribution >= 0.6 is 0 Å². The van der Waals surface area contributed by atoms with Gasteiger partial charge in [0.1, 0.15) is 11.8 Å². The van der Waals surface area contributed by atoms with Gasteiger partial charge in [-0.25, -0.2) is 4.79 Å². The summed E-state index contributed by atoms with van der Waals surface area (Å²) in [6, 6.07) is 12.5. The normalized spacial score (nSPS) is 13.5. The molecule has 0 radical (unpaired) electrons. The summed E-state index contributed by atoms with van der Waals surface area (Å²) in [5.41, 5.74) is 1.15. The molecule has 2 aromatic rings. The SMILES string of the molecule is CCOc1ccccc1C(=O)N[C@H](C(=O)OCC(=O)Nc1cccc(C(=O)NC2CC2)c1)C(C)C. The highest BCUT2D eigenvalue weighted by Crippen LogP contribution is 2.20. The van der Waals surface area contributed by atoms with E-state index in [-0.39, 0.29) is 17.9 Å². The van der Waals surface area contributed by atoms with Crippen LogP contribution in [0.1, 0.15) is 54.3 Å². The quantitative estimate of drug-likeness (QED) is 0.424. The monoisotopic (exact) mass is 481 g/mol. The molecule has 1 fully saturated rings. The van der Waals surface area contributed by atoms with Crippen molar-refractivity contribution in [2.24, 2.45) is 5.92 Å². The molecule has 9 heteroatoms. The second-order valence-corrected chi connectivity index (χ2v) is 8.61. The van der Waals surface area contributed by atoms with Crippen molar-refractivity contribution in [3.63, 3.8) is 0 Å². The largest absolute Gasteiger partial charge is 0.493 e. The molecule has 3 rings (SSSR count). The predicted octanol–water partition coefficient (Wildman–Crippen LogP) is 2.91. The Labute approximate surface area is 204 Å². The molecule has 186 valence electrons. The number of benzene rings is 2. The Bertz CT molecular complexity index is 1080. The second-order valence-electron chi connectivity index (χ2n) is 8.61. The molecule has 0 unspecified atom stereocenters. The van der Waals surface area contributed by atoms with E-state index in [1.165, 1.54) is 0 Å². The van der Waals surface area contributed by atoms with Crippen molar-refractivity contribution >= 4 is 29.4 Å². The first-order valence-corrected chi connectivity index (χ1v) is 11.7. The summed E-state index contributed by atoms with van der Waals surface area (Å²) in [4.78, 5) is 50.0. The molecule has 1 atom stereocenters. The topological polar surface area (TPSA) is 123 Å². The third kappa shape index (κ3) is 7.56. The number of carbonyl (C=O) groups is 4. The van der Waals surface area contributed by atoms with Crippen LogP contribution in [0.2, 0.25) is 0 Å². The van der Waals surface area contributed by atoms with Crippen LogP contribution in [0.3, 0.4) is 0 Å². The van der Waals surface area contributed by atoms with E-state index in [9.17, 15) is 19.2 Å². The number of hydrogen-bond donors (Lipinski definition) is 3. The Hall–Kier alpha value is -3.88. The molecule has 0 aliphatic heterocycles. The fourth-order valence-corrected chi connectivity index (χ4v) is 3.31. The van der Waals surface area contributed by atoms with Crippen molar-refractivity contribution in [1.29, 1.82) is 0 Å². The number of nitrogens with one attached hydrogen (secondary N) is 3. The number of anilines is 1. The van der Waals surface area contributed by atoms with Gasteiger partial charge in [-0.3, -0.25) is 14.4 Å². The minimum atomic E-state index is -0.959. The summed E-state index contributed by atoms with van der Waals surface area (Å²) in [5.74, 6) is -1.83. The summed E-state index contributed by atoms with van der Waals surface area (Å²) in [6.45, 7) is 5.19. The van der Waals surface area contributed by atoms with E-state index in [0.29, 0.717) is 29.2 Å². The molecule has 2 aromatic carbocycles. The highest BCUT2D eigenvalue weighted by Gasteiger charge is 2.28. The van der Waals surface area contributed by atoms with Gasteiger partial charge in [0.2, 0.25) is 0 Å². The second kappa shape index (κ2) is 12.0. The molecule has 1 aliphatic rings. The lowest BCUT2D eigenvalue weighted by molar-refractivity contribution is -0.150. The van der Waals surface area contributed by atoms with Gasteiger partial charge < -0.3 is 25.4 Å². The molecule has 35 heavy (non-hydrogen) atoms. The third-order valence-corrected chi connectivity index (χ3v) is 5.31. The number of para-hydroxylation sites is 1. The summed E-state index contributed by atoms with van der Waals surface area (Å²) >= 11 is 0. The maximum atomic E-state index is 12.8. The lowest BCUT2D eigenvalue weighted by atomic mass is 10.0. The molecule has 0 spiro atoms. The zero-order valence-electron chi connectivity index (χ0n) is 20.1. The van der Waals surface area contributed by atoms with Crippen LogP contribution in [0, 0.1) is 5.92 Å². The molecular weight excluding hydrogens is 450 g/mol. The maximum absolute atomic E-state index is 12.8. The Kier molecular flexibility index (Phi) is 8.83. The van der Waals surface area contributed by atoms with Crippen molar-refractivity contribution < 1.29 is 28.7 Å². The first kappa shape index (κ1) is 25.7. The Morgan fingerprint density at radius 3 is 2.43 bits per heavy atom. The van der Waals surface area contributed by atoms with E-state index < -0.39 is 30.4 Å². The van der Waals surface area contributed by atoms with Gasteiger partial charge in [0.05, 0.1) is 12.2 Å². The first-order valence-electron chi connectivity index (χ1n) is 11.7. The van der Waals surface area contributed by atoms with Gasteiger partial charge in [-0.15, -0.1) is 0 Å². The summed E-state index contributed by atoms with van der Waals surface area (Å²) in [6.07, 6.45) is 1.95. The van der Waals surface area contributed by atoms with Gasteiger partial charge >= 0.3 is 5.97 Å². The molecule has 0 saturated heterocycles. The standard InChI is InChI=1S/C26H31N3O6/c1-4-34-21-11-6-5-10-20(21)25(32)29-23(16(2)3)26(33)35-15-22(30)27-19-9-7-8-17(14-19)24(31)28-18-12-13-18/h5-11,14,16,18,23H,4,12-13,15H2,1-3H3,(H,27,30)(H,28,31)(H,29,32)/t23-/m0/s1. The van der Waals surface area contributed by atoms with Gasteiger partial charge in [-0.05, 0) is 56.0 Å². The Morgan fingerprint density at radius 1 is 1.00 bits per heavy atom. The fraction of sp³-hybridized carbons (Fsp3) is 0.385.